The Balaban J connectivity index is 2.29. The lowest BCUT2D eigenvalue weighted by Crippen LogP contribution is -2.34. The number of esters is 1. The van der Waals surface area contributed by atoms with E-state index in [2.05, 4.69) is 6.58 Å². The van der Waals surface area contributed by atoms with Crippen molar-refractivity contribution in [1.82, 2.24) is 4.90 Å². The average Bonchev–Trinajstić information content (AvgIpc) is 2.89. The molecule has 0 radical (unpaired) electrons. The van der Waals surface area contributed by atoms with Crippen LogP contribution in [-0.4, -0.2) is 48.4 Å². The Kier molecular flexibility index (Phi) is 7.95. The first-order chi connectivity index (χ1) is 13.4. The minimum Gasteiger partial charge on any atom is -0.490 e. The van der Waals surface area contributed by atoms with Crippen molar-refractivity contribution < 1.29 is 28.6 Å². The van der Waals surface area contributed by atoms with Gasteiger partial charge in [-0.1, -0.05) is 24.3 Å². The Morgan fingerprint density at radius 2 is 2.00 bits per heavy atom. The largest absolute Gasteiger partial charge is 0.490 e. The molecule has 7 nitrogen and oxygen atoms in total. The van der Waals surface area contributed by atoms with E-state index in [-0.39, 0.29) is 18.1 Å². The highest BCUT2D eigenvalue weighted by Gasteiger charge is 2.36. The van der Waals surface area contributed by atoms with E-state index in [0.29, 0.717) is 28.7 Å². The molecule has 0 aliphatic carbocycles. The fourth-order valence-electron chi connectivity index (χ4n) is 2.34. The molecule has 150 valence electrons. The predicted octanol–water partition coefficient (Wildman–Crippen LogP) is 3.90. The number of ether oxygens (including phenoxy) is 3. The maximum atomic E-state index is 12.5. The molecule has 0 N–H and O–H groups in total. The number of nitrogens with zero attached hydrogens (tertiary/aromatic N) is 1. The van der Waals surface area contributed by atoms with Crippen LogP contribution in [0.4, 0.5) is 4.79 Å². The summed E-state index contributed by atoms with van der Waals surface area (Å²) in [4.78, 5) is 37.2. The van der Waals surface area contributed by atoms with Crippen LogP contribution in [0.1, 0.15) is 19.4 Å². The third kappa shape index (κ3) is 5.30. The van der Waals surface area contributed by atoms with E-state index in [1.165, 1.54) is 6.08 Å². The van der Waals surface area contributed by atoms with Crippen molar-refractivity contribution in [2.75, 3.05) is 26.4 Å². The van der Waals surface area contributed by atoms with Crippen molar-refractivity contribution in [2.24, 2.45) is 0 Å². The van der Waals surface area contributed by atoms with Crippen LogP contribution in [0.3, 0.4) is 0 Å². The number of halogens is 1. The molecule has 1 heterocycles. The molecule has 2 amide bonds. The molecular formula is C19H20ClNO6S. The quantitative estimate of drug-likeness (QED) is 0.337. The van der Waals surface area contributed by atoms with Crippen LogP contribution in [0.2, 0.25) is 5.02 Å². The van der Waals surface area contributed by atoms with Gasteiger partial charge in [0.2, 0.25) is 0 Å². The summed E-state index contributed by atoms with van der Waals surface area (Å²) in [7, 11) is 0. The number of hydrogen-bond acceptors (Lipinski definition) is 7. The highest BCUT2D eigenvalue weighted by atomic mass is 35.5. The van der Waals surface area contributed by atoms with E-state index >= 15 is 0 Å². The monoisotopic (exact) mass is 425 g/mol. The zero-order chi connectivity index (χ0) is 20.7. The smallest absolute Gasteiger partial charge is 0.326 e. The lowest BCUT2D eigenvalue weighted by Gasteiger charge is -2.13. The summed E-state index contributed by atoms with van der Waals surface area (Å²) in [5.74, 6) is -0.426. The lowest BCUT2D eigenvalue weighted by atomic mass is 10.1. The average molecular weight is 426 g/mol. The van der Waals surface area contributed by atoms with Gasteiger partial charge in [0.15, 0.2) is 11.5 Å². The van der Waals surface area contributed by atoms with E-state index in [4.69, 9.17) is 25.8 Å². The molecule has 1 aromatic carbocycles. The number of rotatable bonds is 9. The normalized spacial score (nSPS) is 15.1. The zero-order valence-electron chi connectivity index (χ0n) is 15.5. The second-order valence-electron chi connectivity index (χ2n) is 5.44. The van der Waals surface area contributed by atoms with Crippen LogP contribution in [-0.2, 0) is 14.3 Å². The Morgan fingerprint density at radius 1 is 1.25 bits per heavy atom. The molecule has 1 saturated heterocycles. The Bertz CT molecular complexity index is 823. The maximum Gasteiger partial charge on any atom is 0.326 e. The number of carbonyl (C=O) groups excluding carboxylic acids is 3. The number of benzene rings is 1. The van der Waals surface area contributed by atoms with Gasteiger partial charge in [0.05, 0.1) is 23.1 Å². The van der Waals surface area contributed by atoms with E-state index in [0.717, 1.165) is 16.7 Å². The minimum absolute atomic E-state index is 0.171. The molecule has 0 spiro atoms. The summed E-state index contributed by atoms with van der Waals surface area (Å²) < 4.78 is 15.9. The van der Waals surface area contributed by atoms with Crippen LogP contribution in [0.5, 0.6) is 11.5 Å². The number of amides is 2. The van der Waals surface area contributed by atoms with Gasteiger partial charge in [0, 0.05) is 0 Å². The molecule has 1 aromatic rings. The van der Waals surface area contributed by atoms with Crippen LogP contribution in [0.25, 0.3) is 6.08 Å². The molecule has 1 fully saturated rings. The first kappa shape index (κ1) is 21.8. The number of thioether (sulfide) groups is 1. The Morgan fingerprint density at radius 3 is 2.64 bits per heavy atom. The highest BCUT2D eigenvalue weighted by Crippen LogP contribution is 2.39. The number of imide groups is 1. The van der Waals surface area contributed by atoms with E-state index in [9.17, 15) is 14.4 Å². The van der Waals surface area contributed by atoms with Crippen LogP contribution < -0.4 is 9.47 Å². The summed E-state index contributed by atoms with van der Waals surface area (Å²) in [6.45, 7) is 7.45. The van der Waals surface area contributed by atoms with Crippen molar-refractivity contribution in [2.45, 2.75) is 13.8 Å². The van der Waals surface area contributed by atoms with Gasteiger partial charge in [-0.25, -0.2) is 0 Å². The molecular weight excluding hydrogens is 406 g/mol. The topological polar surface area (TPSA) is 82.1 Å². The minimum atomic E-state index is -0.642. The van der Waals surface area contributed by atoms with Crippen molar-refractivity contribution in [3.8, 4) is 11.5 Å². The third-order valence-electron chi connectivity index (χ3n) is 3.44. The van der Waals surface area contributed by atoms with Crippen LogP contribution in [0.15, 0.2) is 29.7 Å². The highest BCUT2D eigenvalue weighted by molar-refractivity contribution is 8.18. The summed E-state index contributed by atoms with van der Waals surface area (Å²) in [6.07, 6.45) is 3.10. The van der Waals surface area contributed by atoms with Crippen molar-refractivity contribution in [3.63, 3.8) is 0 Å². The maximum absolute atomic E-state index is 12.5. The molecule has 1 aliphatic rings. The predicted molar refractivity (Wildman–Crippen MR) is 108 cm³/mol. The van der Waals surface area contributed by atoms with Crippen molar-refractivity contribution in [1.29, 1.82) is 0 Å². The molecule has 9 heteroatoms. The van der Waals surface area contributed by atoms with Gasteiger partial charge in [-0.05, 0) is 49.4 Å². The SMILES string of the molecule is C=CCOc1c(Cl)cc(/C=C2/SC(=O)N(CC(=O)OCC)C2=O)cc1OCC. The molecule has 0 unspecified atom stereocenters. The van der Waals surface area contributed by atoms with Gasteiger partial charge >= 0.3 is 5.97 Å². The standard InChI is InChI=1S/C19H20ClNO6S/c1-4-7-27-17-13(20)8-12(9-14(17)25-5-2)10-15-18(23)21(19(24)28-15)11-16(22)26-6-3/h4,8-10H,1,5-7,11H2,2-3H3/b15-10+. The summed E-state index contributed by atoms with van der Waals surface area (Å²) in [5.41, 5.74) is 0.557. The van der Waals surface area contributed by atoms with Crippen molar-refractivity contribution in [3.05, 3.63) is 40.3 Å². The number of carbonyl (C=O) groups is 3. The van der Waals surface area contributed by atoms with Gasteiger partial charge in [-0.2, -0.15) is 0 Å². The first-order valence-electron chi connectivity index (χ1n) is 8.52. The molecule has 0 atom stereocenters. The number of hydrogen-bond donors (Lipinski definition) is 0. The second-order valence-corrected chi connectivity index (χ2v) is 6.84. The van der Waals surface area contributed by atoms with E-state index in [1.807, 2.05) is 6.92 Å². The first-order valence-corrected chi connectivity index (χ1v) is 9.71. The fraction of sp³-hybridized carbons (Fsp3) is 0.316. The second kappa shape index (κ2) is 10.2. The summed E-state index contributed by atoms with van der Waals surface area (Å²) in [5, 5.41) is -0.240. The summed E-state index contributed by atoms with van der Waals surface area (Å²) in [6, 6.07) is 3.26. The summed E-state index contributed by atoms with van der Waals surface area (Å²) >= 11 is 7.03. The van der Waals surface area contributed by atoms with Crippen LogP contribution >= 0.6 is 23.4 Å². The van der Waals surface area contributed by atoms with Gasteiger partial charge < -0.3 is 14.2 Å². The fourth-order valence-corrected chi connectivity index (χ4v) is 3.45. The molecule has 28 heavy (non-hydrogen) atoms. The molecule has 0 aromatic heterocycles. The van der Waals surface area contributed by atoms with E-state index < -0.39 is 23.7 Å². The van der Waals surface area contributed by atoms with E-state index in [1.54, 1.807) is 25.1 Å². The van der Waals surface area contributed by atoms with Gasteiger partial charge in [-0.3, -0.25) is 19.3 Å². The van der Waals surface area contributed by atoms with Crippen molar-refractivity contribution >= 4 is 46.6 Å². The lowest BCUT2D eigenvalue weighted by molar-refractivity contribution is -0.145. The van der Waals surface area contributed by atoms with Gasteiger partial charge in [0.1, 0.15) is 13.2 Å². The Labute approximate surface area is 172 Å². The molecule has 0 bridgehead atoms. The third-order valence-corrected chi connectivity index (χ3v) is 4.63. The molecule has 2 rings (SSSR count). The van der Waals surface area contributed by atoms with Gasteiger partial charge in [-0.15, -0.1) is 0 Å². The molecule has 0 saturated carbocycles. The van der Waals surface area contributed by atoms with Crippen LogP contribution in [0, 0.1) is 0 Å². The van der Waals surface area contributed by atoms with Gasteiger partial charge in [0.25, 0.3) is 11.1 Å². The molecule has 1 aliphatic heterocycles. The Hall–Kier alpha value is -2.45. The zero-order valence-corrected chi connectivity index (χ0v) is 17.1.